The zero-order valence-electron chi connectivity index (χ0n) is 15.7. The number of hydrogen-bond donors (Lipinski definition) is 1. The molecule has 1 heterocycles. The summed E-state index contributed by atoms with van der Waals surface area (Å²) in [4.78, 5) is 12.4. The molecule has 3 rings (SSSR count). The van der Waals surface area contributed by atoms with Gasteiger partial charge in [-0.15, -0.1) is 0 Å². The Kier molecular flexibility index (Phi) is 6.07. The topological polar surface area (TPSA) is 66.5 Å². The van der Waals surface area contributed by atoms with Gasteiger partial charge in [-0.1, -0.05) is 24.6 Å². The quantitative estimate of drug-likeness (QED) is 0.787. The largest absolute Gasteiger partial charge is 0.319 e. The minimum Gasteiger partial charge on any atom is -0.319 e. The van der Waals surface area contributed by atoms with Gasteiger partial charge in [-0.25, -0.2) is 12.8 Å². The molecule has 0 bridgehead atoms. The molecule has 0 spiro atoms. The van der Waals surface area contributed by atoms with Crippen molar-refractivity contribution in [1.82, 2.24) is 4.31 Å². The number of amides is 1. The Morgan fingerprint density at radius 3 is 2.68 bits per heavy atom. The molecule has 2 aromatic carbocycles. The summed E-state index contributed by atoms with van der Waals surface area (Å²) in [6.07, 6.45) is 1.76. The van der Waals surface area contributed by atoms with E-state index in [-0.39, 0.29) is 27.1 Å². The van der Waals surface area contributed by atoms with Crippen LogP contribution in [-0.2, 0) is 10.0 Å². The van der Waals surface area contributed by atoms with Crippen LogP contribution in [0.3, 0.4) is 0 Å². The lowest BCUT2D eigenvalue weighted by Crippen LogP contribution is -2.39. The summed E-state index contributed by atoms with van der Waals surface area (Å²) in [6.45, 7) is 4.59. The Morgan fingerprint density at radius 1 is 1.25 bits per heavy atom. The molecule has 1 aliphatic rings. The summed E-state index contributed by atoms with van der Waals surface area (Å²) < 4.78 is 41.5. The average Bonchev–Trinajstić information content (AvgIpc) is 2.64. The Balaban J connectivity index is 1.89. The van der Waals surface area contributed by atoms with E-state index in [4.69, 9.17) is 11.6 Å². The molecule has 1 N–H and O–H groups in total. The van der Waals surface area contributed by atoms with Gasteiger partial charge in [0.1, 0.15) is 10.7 Å². The third-order valence-corrected chi connectivity index (χ3v) is 7.15. The highest BCUT2D eigenvalue weighted by Gasteiger charge is 2.31. The normalized spacial score (nSPS) is 18.1. The summed E-state index contributed by atoms with van der Waals surface area (Å²) in [5, 5.41) is 2.53. The Bertz CT molecular complexity index is 1010. The Hall–Kier alpha value is -1.96. The van der Waals surface area contributed by atoms with Crippen LogP contribution < -0.4 is 5.32 Å². The van der Waals surface area contributed by atoms with Crippen molar-refractivity contribution >= 4 is 33.2 Å². The van der Waals surface area contributed by atoms with E-state index >= 15 is 0 Å². The van der Waals surface area contributed by atoms with Crippen molar-refractivity contribution in [2.75, 3.05) is 18.4 Å². The molecule has 8 heteroatoms. The van der Waals surface area contributed by atoms with E-state index in [1.165, 1.54) is 34.6 Å². The molecule has 1 saturated heterocycles. The molecule has 1 atom stereocenters. The fourth-order valence-corrected chi connectivity index (χ4v) is 5.36. The molecule has 5 nitrogen and oxygen atoms in total. The van der Waals surface area contributed by atoms with Gasteiger partial charge >= 0.3 is 0 Å². The van der Waals surface area contributed by atoms with Crippen molar-refractivity contribution < 1.29 is 17.6 Å². The standard InChI is InChI=1S/C20H22ClFN2O3S/c1-13-5-8-18(17(22)10-13)23-20(25)15-6-7-16(21)19(11-15)28(26,27)24-9-3-4-14(2)12-24/h5-8,10-11,14H,3-4,9,12H2,1-2H3,(H,23,25). The highest BCUT2D eigenvalue weighted by atomic mass is 35.5. The number of carbonyl (C=O) groups excluding carboxylic acids is 1. The minimum absolute atomic E-state index is 0.0276. The molecule has 1 aliphatic heterocycles. The molecule has 28 heavy (non-hydrogen) atoms. The second-order valence-corrected chi connectivity index (χ2v) is 9.51. The van der Waals surface area contributed by atoms with E-state index in [1.807, 2.05) is 6.92 Å². The van der Waals surface area contributed by atoms with Gasteiger partial charge in [0.15, 0.2) is 0 Å². The van der Waals surface area contributed by atoms with E-state index < -0.39 is 21.7 Å². The first-order valence-electron chi connectivity index (χ1n) is 9.05. The Morgan fingerprint density at radius 2 is 2.00 bits per heavy atom. The average molecular weight is 425 g/mol. The number of nitrogens with one attached hydrogen (secondary N) is 1. The maximum atomic E-state index is 14.0. The van der Waals surface area contributed by atoms with E-state index in [1.54, 1.807) is 13.0 Å². The number of benzene rings is 2. The van der Waals surface area contributed by atoms with Crippen molar-refractivity contribution in [1.29, 1.82) is 0 Å². The van der Waals surface area contributed by atoms with Crippen LogP contribution in [0.2, 0.25) is 5.02 Å². The zero-order valence-corrected chi connectivity index (χ0v) is 17.3. The first-order chi connectivity index (χ1) is 13.2. The number of rotatable bonds is 4. The maximum Gasteiger partial charge on any atom is 0.255 e. The van der Waals surface area contributed by atoms with E-state index in [0.29, 0.717) is 13.1 Å². The Labute approximate surface area is 169 Å². The van der Waals surface area contributed by atoms with Crippen LogP contribution in [0.1, 0.15) is 35.7 Å². The van der Waals surface area contributed by atoms with Gasteiger partial charge < -0.3 is 5.32 Å². The van der Waals surface area contributed by atoms with E-state index in [0.717, 1.165) is 18.4 Å². The number of sulfonamides is 1. The first-order valence-corrected chi connectivity index (χ1v) is 10.9. The number of anilines is 1. The van der Waals surface area contributed by atoms with Crippen molar-refractivity contribution in [3.63, 3.8) is 0 Å². The fraction of sp³-hybridized carbons (Fsp3) is 0.350. The molecule has 1 fully saturated rings. The molecule has 0 aromatic heterocycles. The number of halogens is 2. The van der Waals surface area contributed by atoms with Crippen molar-refractivity contribution in [3.05, 3.63) is 58.4 Å². The minimum atomic E-state index is -3.82. The molecule has 1 unspecified atom stereocenters. The van der Waals surface area contributed by atoms with Crippen LogP contribution >= 0.6 is 11.6 Å². The second kappa shape index (κ2) is 8.19. The number of carbonyl (C=O) groups is 1. The highest BCUT2D eigenvalue weighted by molar-refractivity contribution is 7.89. The summed E-state index contributed by atoms with van der Waals surface area (Å²) in [7, 11) is -3.82. The predicted octanol–water partition coefficient (Wildman–Crippen LogP) is 4.46. The molecule has 2 aromatic rings. The van der Waals surface area contributed by atoms with Crippen molar-refractivity contribution in [2.45, 2.75) is 31.6 Å². The number of hydrogen-bond acceptors (Lipinski definition) is 3. The number of aryl methyl sites for hydroxylation is 1. The zero-order chi connectivity index (χ0) is 20.5. The van der Waals surface area contributed by atoms with Crippen LogP contribution in [0, 0.1) is 18.7 Å². The number of piperidine rings is 1. The number of nitrogens with zero attached hydrogens (tertiary/aromatic N) is 1. The summed E-state index contributed by atoms with van der Waals surface area (Å²) in [5.41, 5.74) is 0.846. The molecule has 0 saturated carbocycles. The van der Waals surface area contributed by atoms with Gasteiger partial charge in [0, 0.05) is 18.7 Å². The summed E-state index contributed by atoms with van der Waals surface area (Å²) in [5.74, 6) is -0.904. The van der Waals surface area contributed by atoms with Crippen LogP contribution in [0.4, 0.5) is 10.1 Å². The van der Waals surface area contributed by atoms with Gasteiger partial charge in [-0.3, -0.25) is 4.79 Å². The van der Waals surface area contributed by atoms with E-state index in [2.05, 4.69) is 5.32 Å². The first kappa shape index (κ1) is 20.8. The summed E-state index contributed by atoms with van der Waals surface area (Å²) >= 11 is 6.15. The highest BCUT2D eigenvalue weighted by Crippen LogP contribution is 2.29. The predicted molar refractivity (Wildman–Crippen MR) is 108 cm³/mol. The fourth-order valence-electron chi connectivity index (χ4n) is 3.26. The van der Waals surface area contributed by atoms with Gasteiger partial charge in [0.05, 0.1) is 10.7 Å². The monoisotopic (exact) mass is 424 g/mol. The lowest BCUT2D eigenvalue weighted by molar-refractivity contribution is 0.102. The van der Waals surface area contributed by atoms with Gasteiger partial charge in [-0.05, 0) is 61.6 Å². The summed E-state index contributed by atoms with van der Waals surface area (Å²) in [6, 6.07) is 8.49. The molecule has 150 valence electrons. The van der Waals surface area contributed by atoms with Crippen molar-refractivity contribution in [3.8, 4) is 0 Å². The third kappa shape index (κ3) is 4.37. The van der Waals surface area contributed by atoms with Crippen LogP contribution in [-0.4, -0.2) is 31.7 Å². The van der Waals surface area contributed by atoms with Gasteiger partial charge in [0.2, 0.25) is 10.0 Å². The molecule has 1 amide bonds. The molecular formula is C20H22ClFN2O3S. The van der Waals surface area contributed by atoms with Crippen LogP contribution in [0.5, 0.6) is 0 Å². The van der Waals surface area contributed by atoms with Gasteiger partial charge in [-0.2, -0.15) is 4.31 Å². The van der Waals surface area contributed by atoms with Gasteiger partial charge in [0.25, 0.3) is 5.91 Å². The van der Waals surface area contributed by atoms with E-state index in [9.17, 15) is 17.6 Å². The molecule has 0 radical (unpaired) electrons. The van der Waals surface area contributed by atoms with Crippen LogP contribution in [0.25, 0.3) is 0 Å². The third-order valence-electron chi connectivity index (χ3n) is 4.80. The second-order valence-electron chi connectivity index (χ2n) is 7.19. The maximum absolute atomic E-state index is 14.0. The SMILES string of the molecule is Cc1ccc(NC(=O)c2ccc(Cl)c(S(=O)(=O)N3CCCC(C)C3)c2)c(F)c1. The molecule has 0 aliphatic carbocycles. The van der Waals surface area contributed by atoms with Crippen LogP contribution in [0.15, 0.2) is 41.3 Å². The van der Waals surface area contributed by atoms with Crippen molar-refractivity contribution in [2.24, 2.45) is 5.92 Å². The smallest absolute Gasteiger partial charge is 0.255 e. The lowest BCUT2D eigenvalue weighted by Gasteiger charge is -2.30. The molecular weight excluding hydrogens is 403 g/mol. The lowest BCUT2D eigenvalue weighted by atomic mass is 10.0.